The summed E-state index contributed by atoms with van der Waals surface area (Å²) in [6, 6.07) is 11.0. The van der Waals surface area contributed by atoms with E-state index in [1.807, 2.05) is 30.3 Å². The highest BCUT2D eigenvalue weighted by molar-refractivity contribution is 5.94. The largest absolute Gasteiger partial charge is 0.504 e. The molecule has 0 atom stereocenters. The van der Waals surface area contributed by atoms with Gasteiger partial charge in [0.15, 0.2) is 11.4 Å². The predicted molar refractivity (Wildman–Crippen MR) is 83.2 cm³/mol. The van der Waals surface area contributed by atoms with Gasteiger partial charge in [-0.1, -0.05) is 18.2 Å². The molecule has 2 aromatic heterocycles. The Morgan fingerprint density at radius 3 is 2.78 bits per heavy atom. The lowest BCUT2D eigenvalue weighted by molar-refractivity contribution is 0.0942. The number of nitrogens with one attached hydrogen (secondary N) is 1. The lowest BCUT2D eigenvalue weighted by atomic mass is 10.3. The van der Waals surface area contributed by atoms with Gasteiger partial charge in [0.2, 0.25) is 0 Å². The van der Waals surface area contributed by atoms with Crippen LogP contribution in [0.1, 0.15) is 22.0 Å². The highest BCUT2D eigenvalue weighted by Crippen LogP contribution is 2.17. The summed E-state index contributed by atoms with van der Waals surface area (Å²) in [7, 11) is 0. The molecule has 0 fully saturated rings. The van der Waals surface area contributed by atoms with E-state index in [1.165, 1.54) is 10.9 Å². The van der Waals surface area contributed by atoms with Gasteiger partial charge >= 0.3 is 0 Å². The molecule has 0 saturated carbocycles. The number of rotatable bonds is 4. The highest BCUT2D eigenvalue weighted by Gasteiger charge is 2.17. The van der Waals surface area contributed by atoms with Gasteiger partial charge in [-0.3, -0.25) is 4.79 Å². The van der Waals surface area contributed by atoms with E-state index in [9.17, 15) is 9.90 Å². The van der Waals surface area contributed by atoms with Crippen molar-refractivity contribution in [3.05, 3.63) is 66.0 Å². The molecule has 23 heavy (non-hydrogen) atoms. The second-order valence-electron chi connectivity index (χ2n) is 4.92. The van der Waals surface area contributed by atoms with E-state index in [0.717, 1.165) is 5.69 Å². The Labute approximate surface area is 132 Å². The molecule has 0 spiro atoms. The highest BCUT2D eigenvalue weighted by atomic mass is 16.3. The van der Waals surface area contributed by atoms with Crippen LogP contribution in [0.25, 0.3) is 5.69 Å². The fourth-order valence-corrected chi connectivity index (χ4v) is 2.10. The number of carbonyl (C=O) groups excluding carboxylic acids is 1. The molecule has 0 unspecified atom stereocenters. The van der Waals surface area contributed by atoms with Gasteiger partial charge < -0.3 is 10.4 Å². The van der Waals surface area contributed by atoms with Crippen LogP contribution in [0.5, 0.6) is 5.75 Å². The molecule has 1 amide bonds. The molecule has 2 N–H and O–H groups in total. The zero-order chi connectivity index (χ0) is 16.2. The van der Waals surface area contributed by atoms with E-state index in [2.05, 4.69) is 20.4 Å². The smallest absolute Gasteiger partial charge is 0.275 e. The van der Waals surface area contributed by atoms with Crippen LogP contribution in [0.4, 0.5) is 0 Å². The van der Waals surface area contributed by atoms with Crippen LogP contribution in [-0.2, 0) is 6.54 Å². The first-order valence-electron chi connectivity index (χ1n) is 7.04. The SMILES string of the molecule is Cc1nccc(CNC(=O)c2nn(-c3ccccc3)cc2O)n1. The second-order valence-corrected chi connectivity index (χ2v) is 4.92. The van der Waals surface area contributed by atoms with Crippen molar-refractivity contribution in [2.75, 3.05) is 0 Å². The summed E-state index contributed by atoms with van der Waals surface area (Å²) in [5.74, 6) is -0.00776. The fourth-order valence-electron chi connectivity index (χ4n) is 2.10. The van der Waals surface area contributed by atoms with Crippen molar-refractivity contribution in [3.8, 4) is 11.4 Å². The number of aromatic nitrogens is 4. The first-order chi connectivity index (χ1) is 11.1. The van der Waals surface area contributed by atoms with Crippen molar-refractivity contribution in [1.29, 1.82) is 0 Å². The topological polar surface area (TPSA) is 92.9 Å². The first kappa shape index (κ1) is 14.7. The molecule has 2 heterocycles. The third kappa shape index (κ3) is 3.34. The Balaban J connectivity index is 1.74. The average molecular weight is 309 g/mol. The van der Waals surface area contributed by atoms with Crippen LogP contribution in [-0.4, -0.2) is 30.8 Å². The van der Waals surface area contributed by atoms with Gasteiger partial charge in [-0.05, 0) is 25.1 Å². The van der Waals surface area contributed by atoms with E-state index in [0.29, 0.717) is 11.5 Å². The Hall–Kier alpha value is -3.22. The number of carbonyl (C=O) groups is 1. The van der Waals surface area contributed by atoms with Gasteiger partial charge in [0.05, 0.1) is 24.1 Å². The van der Waals surface area contributed by atoms with Crippen LogP contribution >= 0.6 is 0 Å². The van der Waals surface area contributed by atoms with Crippen LogP contribution in [0.3, 0.4) is 0 Å². The van der Waals surface area contributed by atoms with E-state index in [1.54, 1.807) is 19.2 Å². The van der Waals surface area contributed by atoms with Gasteiger partial charge in [0, 0.05) is 6.20 Å². The number of hydrogen-bond acceptors (Lipinski definition) is 5. The van der Waals surface area contributed by atoms with E-state index < -0.39 is 5.91 Å². The standard InChI is InChI=1S/C16H15N5O2/c1-11-17-8-7-12(19-11)9-18-16(23)15-14(22)10-21(20-15)13-5-3-2-4-6-13/h2-8,10,22H,9H2,1H3,(H,18,23). The van der Waals surface area contributed by atoms with Crippen molar-refractivity contribution in [1.82, 2.24) is 25.1 Å². The minimum absolute atomic E-state index is 0.0281. The molecular formula is C16H15N5O2. The summed E-state index contributed by atoms with van der Waals surface area (Å²) in [6.07, 6.45) is 3.03. The van der Waals surface area contributed by atoms with Gasteiger partial charge in [0.25, 0.3) is 5.91 Å². The molecule has 7 nitrogen and oxygen atoms in total. The number of aryl methyl sites for hydroxylation is 1. The van der Waals surface area contributed by atoms with Crippen molar-refractivity contribution >= 4 is 5.91 Å². The van der Waals surface area contributed by atoms with Crippen LogP contribution in [0, 0.1) is 6.92 Å². The summed E-state index contributed by atoms with van der Waals surface area (Å²) in [5.41, 5.74) is 1.42. The lowest BCUT2D eigenvalue weighted by Crippen LogP contribution is -2.24. The van der Waals surface area contributed by atoms with Crippen molar-refractivity contribution in [2.24, 2.45) is 0 Å². The third-order valence-corrected chi connectivity index (χ3v) is 3.19. The maximum absolute atomic E-state index is 12.2. The zero-order valence-electron chi connectivity index (χ0n) is 12.5. The zero-order valence-corrected chi connectivity index (χ0v) is 12.5. The van der Waals surface area contributed by atoms with Crippen molar-refractivity contribution in [2.45, 2.75) is 13.5 Å². The number of hydrogen-bond donors (Lipinski definition) is 2. The van der Waals surface area contributed by atoms with Crippen molar-refractivity contribution < 1.29 is 9.90 Å². The first-order valence-corrected chi connectivity index (χ1v) is 7.04. The summed E-state index contributed by atoms with van der Waals surface area (Å²) in [5, 5.41) is 16.7. The Kier molecular flexibility index (Phi) is 4.01. The Morgan fingerprint density at radius 1 is 1.26 bits per heavy atom. The summed E-state index contributed by atoms with van der Waals surface area (Å²) in [4.78, 5) is 20.4. The molecule has 7 heteroatoms. The molecule has 0 saturated heterocycles. The number of benzene rings is 1. The van der Waals surface area contributed by atoms with Gasteiger partial charge in [-0.2, -0.15) is 5.10 Å². The minimum Gasteiger partial charge on any atom is -0.504 e. The fraction of sp³-hybridized carbons (Fsp3) is 0.125. The number of nitrogens with zero attached hydrogens (tertiary/aromatic N) is 4. The second kappa shape index (κ2) is 6.27. The monoisotopic (exact) mass is 309 g/mol. The molecule has 0 radical (unpaired) electrons. The minimum atomic E-state index is -0.464. The van der Waals surface area contributed by atoms with Crippen LogP contribution in [0.2, 0.25) is 0 Å². The summed E-state index contributed by atoms with van der Waals surface area (Å²) in [6.45, 7) is 2.01. The maximum atomic E-state index is 12.2. The molecule has 116 valence electrons. The quantitative estimate of drug-likeness (QED) is 0.763. The van der Waals surface area contributed by atoms with Crippen molar-refractivity contribution in [3.63, 3.8) is 0 Å². The molecule has 0 aliphatic carbocycles. The molecule has 3 rings (SSSR count). The lowest BCUT2D eigenvalue weighted by Gasteiger charge is -2.03. The molecule has 0 aliphatic rings. The number of amides is 1. The Morgan fingerprint density at radius 2 is 2.04 bits per heavy atom. The van der Waals surface area contributed by atoms with Crippen LogP contribution < -0.4 is 5.32 Å². The van der Waals surface area contributed by atoms with Gasteiger partial charge in [-0.15, -0.1) is 0 Å². The Bertz CT molecular complexity index is 829. The van der Waals surface area contributed by atoms with E-state index in [-0.39, 0.29) is 18.0 Å². The van der Waals surface area contributed by atoms with E-state index >= 15 is 0 Å². The van der Waals surface area contributed by atoms with Gasteiger partial charge in [0.1, 0.15) is 5.82 Å². The molecule has 3 aromatic rings. The molecule has 0 aliphatic heterocycles. The van der Waals surface area contributed by atoms with Gasteiger partial charge in [-0.25, -0.2) is 14.6 Å². The molecule has 1 aromatic carbocycles. The number of aromatic hydroxyl groups is 1. The number of para-hydroxylation sites is 1. The summed E-state index contributed by atoms with van der Waals surface area (Å²) >= 11 is 0. The average Bonchev–Trinajstić information content (AvgIpc) is 2.95. The molecule has 0 bridgehead atoms. The predicted octanol–water partition coefficient (Wildman–Crippen LogP) is 1.61. The molecular weight excluding hydrogens is 294 g/mol. The summed E-state index contributed by atoms with van der Waals surface area (Å²) < 4.78 is 1.46. The maximum Gasteiger partial charge on any atom is 0.275 e. The van der Waals surface area contributed by atoms with E-state index in [4.69, 9.17) is 0 Å². The normalized spacial score (nSPS) is 10.5. The van der Waals surface area contributed by atoms with Crippen LogP contribution in [0.15, 0.2) is 48.8 Å². The third-order valence-electron chi connectivity index (χ3n) is 3.19.